The summed E-state index contributed by atoms with van der Waals surface area (Å²) in [6.07, 6.45) is 3.25. The lowest BCUT2D eigenvalue weighted by atomic mass is 10.1. The number of carbonyl (C=O) groups is 2. The summed E-state index contributed by atoms with van der Waals surface area (Å²) >= 11 is 0. The van der Waals surface area contributed by atoms with Gasteiger partial charge in [0.05, 0.1) is 6.54 Å². The molecule has 2 rings (SSSR count). The van der Waals surface area contributed by atoms with Crippen molar-refractivity contribution in [3.05, 3.63) is 70.8 Å². The van der Waals surface area contributed by atoms with Crippen molar-refractivity contribution in [1.82, 2.24) is 4.90 Å². The second kappa shape index (κ2) is 8.29. The van der Waals surface area contributed by atoms with Gasteiger partial charge in [0.25, 0.3) is 0 Å². The Bertz CT molecular complexity index is 789. The van der Waals surface area contributed by atoms with E-state index in [1.54, 1.807) is 13.1 Å². The van der Waals surface area contributed by atoms with E-state index in [9.17, 15) is 9.59 Å². The highest BCUT2D eigenvalue weighted by atomic mass is 16.2. The van der Waals surface area contributed by atoms with Gasteiger partial charge in [-0.15, -0.1) is 0 Å². The molecule has 4 heteroatoms. The minimum absolute atomic E-state index is 0.00473. The van der Waals surface area contributed by atoms with Gasteiger partial charge in [0.15, 0.2) is 0 Å². The van der Waals surface area contributed by atoms with Gasteiger partial charge in [-0.3, -0.25) is 9.59 Å². The highest BCUT2D eigenvalue weighted by Crippen LogP contribution is 2.19. The zero-order chi connectivity index (χ0) is 18.4. The first kappa shape index (κ1) is 18.5. The zero-order valence-electron chi connectivity index (χ0n) is 15.2. The first-order chi connectivity index (χ1) is 11.9. The third-order valence-electron chi connectivity index (χ3n) is 3.96. The Morgan fingerprint density at radius 3 is 2.32 bits per heavy atom. The number of nitrogens with zero attached hydrogens (tertiary/aromatic N) is 1. The van der Waals surface area contributed by atoms with Crippen LogP contribution in [0.1, 0.15) is 22.3 Å². The fourth-order valence-corrected chi connectivity index (χ4v) is 2.55. The molecule has 0 aliphatic rings. The summed E-state index contributed by atoms with van der Waals surface area (Å²) in [5, 5.41) is 2.89. The number of aryl methyl sites for hydroxylation is 3. The zero-order valence-corrected chi connectivity index (χ0v) is 15.2. The van der Waals surface area contributed by atoms with Crippen molar-refractivity contribution in [1.29, 1.82) is 0 Å². The van der Waals surface area contributed by atoms with E-state index >= 15 is 0 Å². The fraction of sp³-hybridized carbons (Fsp3) is 0.238. The minimum atomic E-state index is -0.211. The summed E-state index contributed by atoms with van der Waals surface area (Å²) in [6, 6.07) is 13.7. The smallest absolute Gasteiger partial charge is 0.246 e. The van der Waals surface area contributed by atoms with Gasteiger partial charge < -0.3 is 10.2 Å². The van der Waals surface area contributed by atoms with Gasteiger partial charge in [0.2, 0.25) is 11.8 Å². The number of carbonyl (C=O) groups excluding carboxylic acids is 2. The Morgan fingerprint density at radius 1 is 1.04 bits per heavy atom. The Labute approximate surface area is 149 Å². The van der Waals surface area contributed by atoms with Crippen molar-refractivity contribution in [2.45, 2.75) is 20.8 Å². The molecule has 25 heavy (non-hydrogen) atoms. The molecule has 0 spiro atoms. The number of hydrogen-bond acceptors (Lipinski definition) is 2. The van der Waals surface area contributed by atoms with Crippen molar-refractivity contribution in [2.24, 2.45) is 0 Å². The van der Waals surface area contributed by atoms with Crippen molar-refractivity contribution in [3.8, 4) is 0 Å². The van der Waals surface area contributed by atoms with Gasteiger partial charge in [-0.2, -0.15) is 0 Å². The highest BCUT2D eigenvalue weighted by Gasteiger charge is 2.12. The molecule has 1 N–H and O–H groups in total. The van der Waals surface area contributed by atoms with Crippen LogP contribution >= 0.6 is 0 Å². The molecule has 0 heterocycles. The van der Waals surface area contributed by atoms with E-state index in [1.165, 1.54) is 11.0 Å². The molecule has 2 amide bonds. The second-order valence-electron chi connectivity index (χ2n) is 6.26. The number of benzene rings is 2. The van der Waals surface area contributed by atoms with Crippen molar-refractivity contribution < 1.29 is 9.59 Å². The van der Waals surface area contributed by atoms with E-state index < -0.39 is 0 Å². The van der Waals surface area contributed by atoms with E-state index in [1.807, 2.05) is 63.2 Å². The van der Waals surface area contributed by atoms with Gasteiger partial charge in [0, 0.05) is 18.8 Å². The number of para-hydroxylation sites is 1. The first-order valence-corrected chi connectivity index (χ1v) is 8.22. The molecule has 0 aromatic heterocycles. The Balaban J connectivity index is 1.95. The van der Waals surface area contributed by atoms with E-state index in [2.05, 4.69) is 5.32 Å². The minimum Gasteiger partial charge on any atom is -0.333 e. The van der Waals surface area contributed by atoms with Crippen LogP contribution in [0.4, 0.5) is 5.69 Å². The number of likely N-dealkylation sites (N-methyl/N-ethyl adjacent to an activating group) is 1. The molecule has 0 fully saturated rings. The lowest BCUT2D eigenvalue weighted by Gasteiger charge is -2.16. The molecule has 0 radical (unpaired) electrons. The molecule has 0 atom stereocenters. The molecule has 2 aromatic carbocycles. The molecule has 0 saturated heterocycles. The van der Waals surface area contributed by atoms with Gasteiger partial charge in [-0.05, 0) is 43.5 Å². The van der Waals surface area contributed by atoms with E-state index in [0.717, 1.165) is 27.9 Å². The van der Waals surface area contributed by atoms with Crippen LogP contribution in [0.2, 0.25) is 0 Å². The summed E-state index contributed by atoms with van der Waals surface area (Å²) in [6.45, 7) is 5.90. The second-order valence-corrected chi connectivity index (χ2v) is 6.26. The van der Waals surface area contributed by atoms with Crippen LogP contribution < -0.4 is 5.32 Å². The molecule has 0 saturated carbocycles. The maximum Gasteiger partial charge on any atom is 0.246 e. The van der Waals surface area contributed by atoms with Gasteiger partial charge in [-0.1, -0.05) is 48.0 Å². The number of rotatable bonds is 5. The Morgan fingerprint density at radius 2 is 1.68 bits per heavy atom. The Hall–Kier alpha value is -2.88. The molecule has 130 valence electrons. The maximum atomic E-state index is 12.2. The highest BCUT2D eigenvalue weighted by molar-refractivity contribution is 5.98. The largest absolute Gasteiger partial charge is 0.333 e. The van der Waals surface area contributed by atoms with E-state index in [0.29, 0.717) is 0 Å². The van der Waals surface area contributed by atoms with Gasteiger partial charge >= 0.3 is 0 Å². The number of nitrogens with one attached hydrogen (secondary N) is 1. The third kappa shape index (κ3) is 5.31. The third-order valence-corrected chi connectivity index (χ3v) is 3.96. The Kier molecular flexibility index (Phi) is 6.12. The van der Waals surface area contributed by atoms with Gasteiger partial charge in [0.1, 0.15) is 0 Å². The van der Waals surface area contributed by atoms with Crippen LogP contribution in [0.15, 0.2) is 48.5 Å². The van der Waals surface area contributed by atoms with Crippen molar-refractivity contribution in [3.63, 3.8) is 0 Å². The van der Waals surface area contributed by atoms with E-state index in [-0.39, 0.29) is 18.4 Å². The van der Waals surface area contributed by atoms with Gasteiger partial charge in [-0.25, -0.2) is 0 Å². The van der Waals surface area contributed by atoms with Crippen LogP contribution in [-0.2, 0) is 9.59 Å². The quantitative estimate of drug-likeness (QED) is 0.846. The van der Waals surface area contributed by atoms with Crippen LogP contribution in [0.5, 0.6) is 0 Å². The first-order valence-electron chi connectivity index (χ1n) is 8.22. The molecular weight excluding hydrogens is 312 g/mol. The molecular formula is C21H24N2O2. The van der Waals surface area contributed by atoms with Crippen LogP contribution in [-0.4, -0.2) is 30.3 Å². The number of amides is 2. The predicted molar refractivity (Wildman–Crippen MR) is 102 cm³/mol. The summed E-state index contributed by atoms with van der Waals surface area (Å²) < 4.78 is 0. The summed E-state index contributed by atoms with van der Waals surface area (Å²) in [4.78, 5) is 25.8. The van der Waals surface area contributed by atoms with Crippen LogP contribution in [0.3, 0.4) is 0 Å². The molecule has 2 aromatic rings. The standard InChI is InChI=1S/C21H24N2O2/c1-15-7-5-10-18(13-15)11-12-20(25)23(4)14-19(24)22-21-16(2)8-6-9-17(21)3/h5-13H,14H2,1-4H3,(H,22,24)/b12-11+. The lowest BCUT2D eigenvalue weighted by molar-refractivity contribution is -0.129. The lowest BCUT2D eigenvalue weighted by Crippen LogP contribution is -2.34. The van der Waals surface area contributed by atoms with Crippen molar-refractivity contribution >= 4 is 23.6 Å². The maximum absolute atomic E-state index is 12.2. The molecule has 4 nitrogen and oxygen atoms in total. The fourth-order valence-electron chi connectivity index (χ4n) is 2.55. The average Bonchev–Trinajstić information content (AvgIpc) is 2.56. The summed E-state index contributed by atoms with van der Waals surface area (Å²) in [7, 11) is 1.62. The molecule has 0 bridgehead atoms. The van der Waals surface area contributed by atoms with Crippen molar-refractivity contribution in [2.75, 3.05) is 18.9 Å². The van der Waals surface area contributed by atoms with Crippen LogP contribution in [0, 0.1) is 20.8 Å². The van der Waals surface area contributed by atoms with E-state index in [4.69, 9.17) is 0 Å². The topological polar surface area (TPSA) is 49.4 Å². The molecule has 0 aliphatic carbocycles. The normalized spacial score (nSPS) is 10.7. The van der Waals surface area contributed by atoms with Crippen LogP contribution in [0.25, 0.3) is 6.08 Å². The summed E-state index contributed by atoms with van der Waals surface area (Å²) in [5.41, 5.74) is 4.91. The molecule has 0 unspecified atom stereocenters. The SMILES string of the molecule is Cc1cccc(/C=C/C(=O)N(C)CC(=O)Nc2c(C)cccc2C)c1. The molecule has 0 aliphatic heterocycles. The summed E-state index contributed by atoms with van der Waals surface area (Å²) in [5.74, 6) is -0.421. The number of hydrogen-bond donors (Lipinski definition) is 1. The predicted octanol–water partition coefficient (Wildman–Crippen LogP) is 3.72. The number of anilines is 1. The average molecular weight is 336 g/mol. The monoisotopic (exact) mass is 336 g/mol.